The van der Waals surface area contributed by atoms with Crippen molar-refractivity contribution in [1.82, 2.24) is 5.32 Å². The maximum Gasteiger partial charge on any atom is 0.306 e. The van der Waals surface area contributed by atoms with Gasteiger partial charge in [0.05, 0.1) is 19.1 Å². The van der Waals surface area contributed by atoms with Crippen LogP contribution >= 0.6 is 0 Å². The maximum atomic E-state index is 10.8. The van der Waals surface area contributed by atoms with E-state index in [1.54, 1.807) is 14.0 Å². The molecule has 0 aliphatic heterocycles. The minimum Gasteiger partial charge on any atom is -0.469 e. The summed E-state index contributed by atoms with van der Waals surface area (Å²) in [5.41, 5.74) is -0.799. The molecular formula is C10H21NO4. The standard InChI is InChI=1S/C10H21NO4/c1-10(13,5-7-14-2)8-11-6-4-9(12)15-3/h11,13H,4-8H2,1-3H3. The van der Waals surface area contributed by atoms with Crippen molar-refractivity contribution in [1.29, 1.82) is 0 Å². The molecule has 0 saturated carbocycles. The lowest BCUT2D eigenvalue weighted by atomic mass is 10.0. The van der Waals surface area contributed by atoms with Crippen molar-refractivity contribution >= 4 is 5.97 Å². The fourth-order valence-corrected chi connectivity index (χ4v) is 1.06. The van der Waals surface area contributed by atoms with E-state index >= 15 is 0 Å². The largest absolute Gasteiger partial charge is 0.469 e. The number of methoxy groups -OCH3 is 2. The molecule has 0 aromatic rings. The van der Waals surface area contributed by atoms with Gasteiger partial charge in [-0.05, 0) is 6.92 Å². The Bertz CT molecular complexity index is 182. The van der Waals surface area contributed by atoms with Gasteiger partial charge in [0.15, 0.2) is 0 Å². The van der Waals surface area contributed by atoms with Crippen LogP contribution in [-0.2, 0) is 14.3 Å². The number of rotatable bonds is 8. The first-order valence-electron chi connectivity index (χ1n) is 5.00. The molecule has 0 rings (SSSR count). The Morgan fingerprint density at radius 2 is 2.13 bits per heavy atom. The highest BCUT2D eigenvalue weighted by molar-refractivity contribution is 5.69. The average molecular weight is 219 g/mol. The molecule has 0 bridgehead atoms. The number of aliphatic hydroxyl groups is 1. The highest BCUT2D eigenvalue weighted by Crippen LogP contribution is 2.07. The van der Waals surface area contributed by atoms with E-state index in [9.17, 15) is 9.90 Å². The second kappa shape index (κ2) is 7.62. The topological polar surface area (TPSA) is 67.8 Å². The van der Waals surface area contributed by atoms with Crippen molar-refractivity contribution in [2.75, 3.05) is 33.9 Å². The molecule has 90 valence electrons. The molecule has 5 nitrogen and oxygen atoms in total. The van der Waals surface area contributed by atoms with Gasteiger partial charge in [0.2, 0.25) is 0 Å². The highest BCUT2D eigenvalue weighted by atomic mass is 16.5. The molecule has 0 aromatic heterocycles. The Balaban J connectivity index is 3.52. The van der Waals surface area contributed by atoms with E-state index in [2.05, 4.69) is 10.1 Å². The lowest BCUT2D eigenvalue weighted by Gasteiger charge is -2.23. The van der Waals surface area contributed by atoms with Crippen molar-refractivity contribution in [2.24, 2.45) is 0 Å². The number of esters is 1. The third kappa shape index (κ3) is 8.35. The third-order valence-electron chi connectivity index (χ3n) is 2.08. The molecule has 2 N–H and O–H groups in total. The molecule has 1 unspecified atom stereocenters. The summed E-state index contributed by atoms with van der Waals surface area (Å²) >= 11 is 0. The lowest BCUT2D eigenvalue weighted by Crippen LogP contribution is -2.39. The van der Waals surface area contributed by atoms with Gasteiger partial charge in [0.25, 0.3) is 0 Å². The van der Waals surface area contributed by atoms with E-state index in [1.165, 1.54) is 7.11 Å². The summed E-state index contributed by atoms with van der Waals surface area (Å²) in [5.74, 6) is -0.251. The Labute approximate surface area is 90.8 Å². The molecule has 1 atom stereocenters. The Morgan fingerprint density at radius 1 is 1.47 bits per heavy atom. The van der Waals surface area contributed by atoms with E-state index in [1.807, 2.05) is 0 Å². The summed E-state index contributed by atoms with van der Waals surface area (Å²) in [6.45, 7) is 3.20. The minimum absolute atomic E-state index is 0.251. The monoisotopic (exact) mass is 219 g/mol. The molecular weight excluding hydrogens is 198 g/mol. The summed E-state index contributed by atoms with van der Waals surface area (Å²) in [7, 11) is 2.96. The number of hydrogen-bond donors (Lipinski definition) is 2. The van der Waals surface area contributed by atoms with Crippen molar-refractivity contribution in [3.8, 4) is 0 Å². The quantitative estimate of drug-likeness (QED) is 0.442. The van der Waals surface area contributed by atoms with Crippen LogP contribution in [0.15, 0.2) is 0 Å². The lowest BCUT2D eigenvalue weighted by molar-refractivity contribution is -0.140. The molecule has 0 saturated heterocycles. The van der Waals surface area contributed by atoms with Crippen LogP contribution in [0.4, 0.5) is 0 Å². The van der Waals surface area contributed by atoms with Crippen molar-refractivity contribution in [2.45, 2.75) is 25.4 Å². The number of hydrogen-bond acceptors (Lipinski definition) is 5. The van der Waals surface area contributed by atoms with Crippen LogP contribution in [0.3, 0.4) is 0 Å². The minimum atomic E-state index is -0.799. The van der Waals surface area contributed by atoms with Gasteiger partial charge in [-0.2, -0.15) is 0 Å². The van der Waals surface area contributed by atoms with E-state index < -0.39 is 5.60 Å². The van der Waals surface area contributed by atoms with Gasteiger partial charge >= 0.3 is 5.97 Å². The fraction of sp³-hybridized carbons (Fsp3) is 0.900. The second-order valence-electron chi connectivity index (χ2n) is 3.74. The maximum absolute atomic E-state index is 10.8. The number of ether oxygens (including phenoxy) is 2. The van der Waals surface area contributed by atoms with Gasteiger partial charge in [0, 0.05) is 33.2 Å². The Morgan fingerprint density at radius 3 is 2.67 bits per heavy atom. The first kappa shape index (κ1) is 14.3. The molecule has 0 spiro atoms. The highest BCUT2D eigenvalue weighted by Gasteiger charge is 2.19. The predicted molar refractivity (Wildman–Crippen MR) is 56.6 cm³/mol. The molecule has 15 heavy (non-hydrogen) atoms. The summed E-state index contributed by atoms with van der Waals surface area (Å²) in [6, 6.07) is 0. The van der Waals surface area contributed by atoms with Gasteiger partial charge in [-0.25, -0.2) is 0 Å². The van der Waals surface area contributed by atoms with E-state index in [0.717, 1.165) is 0 Å². The molecule has 0 heterocycles. The molecule has 0 aliphatic rings. The van der Waals surface area contributed by atoms with E-state index in [0.29, 0.717) is 32.5 Å². The van der Waals surface area contributed by atoms with Gasteiger partial charge in [-0.15, -0.1) is 0 Å². The van der Waals surface area contributed by atoms with Crippen LogP contribution in [-0.4, -0.2) is 50.6 Å². The summed E-state index contributed by atoms with van der Waals surface area (Å²) in [6.07, 6.45) is 0.881. The van der Waals surface area contributed by atoms with Crippen LogP contribution in [0.5, 0.6) is 0 Å². The smallest absolute Gasteiger partial charge is 0.306 e. The number of carbonyl (C=O) groups excluding carboxylic acids is 1. The van der Waals surface area contributed by atoms with Gasteiger partial charge < -0.3 is 19.9 Å². The Hall–Kier alpha value is -0.650. The average Bonchev–Trinajstić information content (AvgIpc) is 2.21. The van der Waals surface area contributed by atoms with E-state index in [-0.39, 0.29) is 5.97 Å². The third-order valence-corrected chi connectivity index (χ3v) is 2.08. The molecule has 0 aromatic carbocycles. The summed E-state index contributed by atoms with van der Waals surface area (Å²) in [5, 5.41) is 12.8. The second-order valence-corrected chi connectivity index (χ2v) is 3.74. The van der Waals surface area contributed by atoms with Crippen LogP contribution in [0.2, 0.25) is 0 Å². The normalized spacial score (nSPS) is 14.7. The van der Waals surface area contributed by atoms with Gasteiger partial charge in [0.1, 0.15) is 0 Å². The molecule has 0 radical (unpaired) electrons. The van der Waals surface area contributed by atoms with Gasteiger partial charge in [-0.3, -0.25) is 4.79 Å². The first-order valence-corrected chi connectivity index (χ1v) is 5.00. The van der Waals surface area contributed by atoms with Crippen LogP contribution in [0.25, 0.3) is 0 Å². The van der Waals surface area contributed by atoms with Crippen LogP contribution in [0, 0.1) is 0 Å². The summed E-state index contributed by atoms with van der Waals surface area (Å²) in [4.78, 5) is 10.8. The van der Waals surface area contributed by atoms with Crippen LogP contribution in [0.1, 0.15) is 19.8 Å². The molecule has 5 heteroatoms. The zero-order chi connectivity index (χ0) is 11.7. The zero-order valence-electron chi connectivity index (χ0n) is 9.71. The first-order chi connectivity index (χ1) is 7.02. The summed E-state index contributed by atoms with van der Waals surface area (Å²) < 4.78 is 9.36. The van der Waals surface area contributed by atoms with Crippen LogP contribution < -0.4 is 5.32 Å². The molecule has 0 amide bonds. The van der Waals surface area contributed by atoms with Crippen molar-refractivity contribution < 1.29 is 19.4 Å². The molecule has 0 fully saturated rings. The fourth-order valence-electron chi connectivity index (χ4n) is 1.06. The number of nitrogens with one attached hydrogen (secondary N) is 1. The number of carbonyl (C=O) groups is 1. The van der Waals surface area contributed by atoms with Crippen molar-refractivity contribution in [3.63, 3.8) is 0 Å². The van der Waals surface area contributed by atoms with Gasteiger partial charge in [-0.1, -0.05) is 0 Å². The zero-order valence-corrected chi connectivity index (χ0v) is 9.71. The van der Waals surface area contributed by atoms with E-state index in [4.69, 9.17) is 4.74 Å². The Kier molecular flexibility index (Phi) is 7.29. The molecule has 0 aliphatic carbocycles. The SMILES string of the molecule is COCCC(C)(O)CNCCC(=O)OC. The van der Waals surface area contributed by atoms with Crippen molar-refractivity contribution in [3.05, 3.63) is 0 Å². The predicted octanol–water partition coefficient (Wildman–Crippen LogP) is -0.0734.